The van der Waals surface area contributed by atoms with Gasteiger partial charge in [-0.05, 0) is 51.3 Å². The zero-order valence-electron chi connectivity index (χ0n) is 10.9. The molecule has 1 aromatic carbocycles. The van der Waals surface area contributed by atoms with E-state index in [1.165, 1.54) is 13.0 Å². The molecule has 1 heterocycles. The van der Waals surface area contributed by atoms with Crippen LogP contribution in [0.3, 0.4) is 0 Å². The van der Waals surface area contributed by atoms with Crippen molar-refractivity contribution in [2.24, 2.45) is 0 Å². The lowest BCUT2D eigenvalue weighted by atomic mass is 10.1. The van der Waals surface area contributed by atoms with E-state index >= 15 is 0 Å². The molecule has 0 aromatic heterocycles. The Morgan fingerprint density at radius 3 is 2.17 bits per heavy atom. The smallest absolute Gasteiger partial charge is 0.366 e. The Labute approximate surface area is 106 Å². The van der Waals surface area contributed by atoms with Crippen molar-refractivity contribution >= 4 is 5.69 Å². The number of hydrogen-bond donors (Lipinski definition) is 0. The van der Waals surface area contributed by atoms with Gasteiger partial charge in [-0.25, -0.2) is 0 Å². The lowest BCUT2D eigenvalue weighted by molar-refractivity contribution is -0.138. The summed E-state index contributed by atoms with van der Waals surface area (Å²) in [6, 6.07) is 5.26. The Bertz CT molecular complexity index is 429. The fourth-order valence-electron chi connectivity index (χ4n) is 2.78. The Morgan fingerprint density at radius 1 is 1.11 bits per heavy atom. The van der Waals surface area contributed by atoms with Gasteiger partial charge in [-0.1, -0.05) is 6.07 Å². The SMILES string of the molecule is Cc1ccc(N2C(C)CC[C@@H]2C)cc1C(F)(F)F. The first kappa shape index (κ1) is 13.2. The molecule has 18 heavy (non-hydrogen) atoms. The number of aryl methyl sites for hydroxylation is 1. The molecule has 0 radical (unpaired) electrons. The Hall–Kier alpha value is -1.19. The molecule has 0 N–H and O–H groups in total. The fourth-order valence-corrected chi connectivity index (χ4v) is 2.78. The first-order chi connectivity index (χ1) is 8.30. The number of benzene rings is 1. The first-order valence-electron chi connectivity index (χ1n) is 6.27. The molecule has 2 rings (SSSR count). The van der Waals surface area contributed by atoms with Crippen molar-refractivity contribution in [3.05, 3.63) is 29.3 Å². The summed E-state index contributed by atoms with van der Waals surface area (Å²) in [4.78, 5) is 2.09. The van der Waals surface area contributed by atoms with Gasteiger partial charge < -0.3 is 4.90 Å². The number of hydrogen-bond acceptors (Lipinski definition) is 1. The van der Waals surface area contributed by atoms with Crippen LogP contribution < -0.4 is 4.90 Å². The number of halogens is 3. The van der Waals surface area contributed by atoms with Gasteiger partial charge in [0.15, 0.2) is 0 Å². The van der Waals surface area contributed by atoms with E-state index in [2.05, 4.69) is 18.7 Å². The van der Waals surface area contributed by atoms with Crippen molar-refractivity contribution < 1.29 is 13.2 Å². The quantitative estimate of drug-likeness (QED) is 0.721. The fraction of sp³-hybridized carbons (Fsp3) is 0.571. The van der Waals surface area contributed by atoms with Crippen LogP contribution in [0.15, 0.2) is 18.2 Å². The predicted molar refractivity (Wildman–Crippen MR) is 66.8 cm³/mol. The van der Waals surface area contributed by atoms with Crippen LogP contribution in [0, 0.1) is 6.92 Å². The minimum atomic E-state index is -4.27. The van der Waals surface area contributed by atoms with Gasteiger partial charge in [0.05, 0.1) is 5.56 Å². The second-order valence-electron chi connectivity index (χ2n) is 5.18. The van der Waals surface area contributed by atoms with Gasteiger partial charge in [0.2, 0.25) is 0 Å². The van der Waals surface area contributed by atoms with E-state index in [-0.39, 0.29) is 5.56 Å². The molecular weight excluding hydrogens is 239 g/mol. The van der Waals surface area contributed by atoms with Gasteiger partial charge in [-0.3, -0.25) is 0 Å². The maximum atomic E-state index is 12.9. The summed E-state index contributed by atoms with van der Waals surface area (Å²) in [6.07, 6.45) is -2.20. The summed E-state index contributed by atoms with van der Waals surface area (Å²) in [5.41, 5.74) is 0.447. The van der Waals surface area contributed by atoms with Gasteiger partial charge in [0.1, 0.15) is 0 Å². The van der Waals surface area contributed by atoms with E-state index in [4.69, 9.17) is 0 Å². The Balaban J connectivity index is 2.41. The van der Waals surface area contributed by atoms with Gasteiger partial charge >= 0.3 is 6.18 Å². The molecule has 1 aromatic rings. The predicted octanol–water partition coefficient (Wildman–Crippen LogP) is 4.39. The molecule has 100 valence electrons. The molecule has 0 bridgehead atoms. The zero-order chi connectivity index (χ0) is 13.5. The zero-order valence-corrected chi connectivity index (χ0v) is 10.9. The first-order valence-corrected chi connectivity index (χ1v) is 6.27. The third-order valence-corrected chi connectivity index (χ3v) is 3.78. The van der Waals surface area contributed by atoms with Crippen molar-refractivity contribution in [1.82, 2.24) is 0 Å². The number of nitrogens with zero attached hydrogens (tertiary/aromatic N) is 1. The number of rotatable bonds is 1. The van der Waals surface area contributed by atoms with Crippen LogP contribution in [0.1, 0.15) is 37.8 Å². The molecule has 1 fully saturated rings. The van der Waals surface area contributed by atoms with Crippen LogP contribution in [-0.4, -0.2) is 12.1 Å². The third kappa shape index (κ3) is 2.33. The van der Waals surface area contributed by atoms with E-state index < -0.39 is 11.7 Å². The largest absolute Gasteiger partial charge is 0.416 e. The molecule has 1 saturated heterocycles. The summed E-state index contributed by atoms with van der Waals surface area (Å²) in [7, 11) is 0. The maximum absolute atomic E-state index is 12.9. The summed E-state index contributed by atoms with van der Waals surface area (Å²) in [5.74, 6) is 0. The molecule has 0 spiro atoms. The molecule has 4 heteroatoms. The second kappa shape index (κ2) is 4.48. The van der Waals surface area contributed by atoms with Gasteiger partial charge in [0, 0.05) is 17.8 Å². The minimum absolute atomic E-state index is 0.283. The number of anilines is 1. The van der Waals surface area contributed by atoms with Crippen LogP contribution in [-0.2, 0) is 6.18 Å². The average molecular weight is 257 g/mol. The normalized spacial score (nSPS) is 24.7. The van der Waals surface area contributed by atoms with Crippen LogP contribution in [0.5, 0.6) is 0 Å². The van der Waals surface area contributed by atoms with Crippen molar-refractivity contribution in [2.45, 2.75) is 51.9 Å². The molecule has 1 nitrogen and oxygen atoms in total. The topological polar surface area (TPSA) is 3.24 Å². The lowest BCUT2D eigenvalue weighted by Crippen LogP contribution is -2.32. The van der Waals surface area contributed by atoms with E-state index in [0.717, 1.165) is 12.8 Å². The minimum Gasteiger partial charge on any atom is -0.366 e. The van der Waals surface area contributed by atoms with E-state index in [1.807, 2.05) is 0 Å². The van der Waals surface area contributed by atoms with Crippen molar-refractivity contribution in [3.8, 4) is 0 Å². The second-order valence-corrected chi connectivity index (χ2v) is 5.18. The third-order valence-electron chi connectivity index (χ3n) is 3.78. The number of alkyl halides is 3. The molecule has 0 aliphatic carbocycles. The van der Waals surface area contributed by atoms with Crippen molar-refractivity contribution in [2.75, 3.05) is 4.90 Å². The van der Waals surface area contributed by atoms with E-state index in [1.54, 1.807) is 12.1 Å². The van der Waals surface area contributed by atoms with Gasteiger partial charge in [0.25, 0.3) is 0 Å². The molecule has 0 saturated carbocycles. The monoisotopic (exact) mass is 257 g/mol. The van der Waals surface area contributed by atoms with E-state index in [0.29, 0.717) is 17.8 Å². The Kier molecular flexibility index (Phi) is 3.30. The van der Waals surface area contributed by atoms with Crippen molar-refractivity contribution in [1.29, 1.82) is 0 Å². The lowest BCUT2D eigenvalue weighted by Gasteiger charge is -2.29. The molecule has 1 aliphatic heterocycles. The highest BCUT2D eigenvalue weighted by atomic mass is 19.4. The molecular formula is C14H18F3N. The summed E-state index contributed by atoms with van der Waals surface area (Å²) in [6.45, 7) is 5.64. The maximum Gasteiger partial charge on any atom is 0.416 e. The summed E-state index contributed by atoms with van der Waals surface area (Å²) in [5, 5.41) is 0. The van der Waals surface area contributed by atoms with Crippen LogP contribution in [0.25, 0.3) is 0 Å². The molecule has 1 aliphatic rings. The van der Waals surface area contributed by atoms with Gasteiger partial charge in [-0.15, -0.1) is 0 Å². The van der Waals surface area contributed by atoms with Crippen LogP contribution in [0.4, 0.5) is 18.9 Å². The summed E-state index contributed by atoms with van der Waals surface area (Å²) >= 11 is 0. The standard InChI is InChI=1S/C14H18F3N/c1-9-4-7-12(8-13(9)14(15,16)17)18-10(2)5-6-11(18)3/h4,7-8,10-11H,5-6H2,1-3H3/t10-,11?/m0/s1. The Morgan fingerprint density at radius 2 is 1.67 bits per heavy atom. The van der Waals surface area contributed by atoms with Gasteiger partial charge in [-0.2, -0.15) is 13.2 Å². The highest BCUT2D eigenvalue weighted by Gasteiger charge is 2.34. The summed E-state index contributed by atoms with van der Waals surface area (Å²) < 4.78 is 38.7. The molecule has 1 unspecified atom stereocenters. The molecule has 2 atom stereocenters. The van der Waals surface area contributed by atoms with E-state index in [9.17, 15) is 13.2 Å². The van der Waals surface area contributed by atoms with Crippen molar-refractivity contribution in [3.63, 3.8) is 0 Å². The highest BCUT2D eigenvalue weighted by Crippen LogP contribution is 2.37. The van der Waals surface area contributed by atoms with Crippen LogP contribution >= 0.6 is 0 Å². The molecule has 0 amide bonds. The average Bonchev–Trinajstić information content (AvgIpc) is 2.58. The highest BCUT2D eigenvalue weighted by molar-refractivity contribution is 5.54. The van der Waals surface area contributed by atoms with Crippen LogP contribution in [0.2, 0.25) is 0 Å².